The van der Waals surface area contributed by atoms with Gasteiger partial charge in [0.2, 0.25) is 0 Å². The summed E-state index contributed by atoms with van der Waals surface area (Å²) >= 11 is 0. The lowest BCUT2D eigenvalue weighted by molar-refractivity contribution is 0.408. The zero-order valence-electron chi connectivity index (χ0n) is 7.94. The fourth-order valence-electron chi connectivity index (χ4n) is 1.40. The maximum atomic E-state index is 4.33. The standard InChI is InChI=1S/C10H17N/c1-8-5-9(7-11-8)6-10(2,3)4/h5H,6-7H2,1-4H3. The van der Waals surface area contributed by atoms with E-state index in [1.54, 1.807) is 0 Å². The Labute approximate surface area is 69.2 Å². The third kappa shape index (κ3) is 2.87. The van der Waals surface area contributed by atoms with E-state index >= 15 is 0 Å². The Morgan fingerprint density at radius 1 is 1.45 bits per heavy atom. The van der Waals surface area contributed by atoms with E-state index in [1.165, 1.54) is 17.7 Å². The number of rotatable bonds is 1. The average Bonchev–Trinajstić information content (AvgIpc) is 2.10. The molecule has 1 aliphatic rings. The quantitative estimate of drug-likeness (QED) is 0.546. The average molecular weight is 151 g/mol. The molecule has 0 saturated carbocycles. The summed E-state index contributed by atoms with van der Waals surface area (Å²) in [6, 6.07) is 0. The summed E-state index contributed by atoms with van der Waals surface area (Å²) in [5, 5.41) is 0. The highest BCUT2D eigenvalue weighted by Crippen LogP contribution is 2.25. The highest BCUT2D eigenvalue weighted by molar-refractivity contribution is 5.95. The van der Waals surface area contributed by atoms with Crippen LogP contribution in [0, 0.1) is 5.41 Å². The molecule has 0 aliphatic carbocycles. The van der Waals surface area contributed by atoms with Gasteiger partial charge in [0.1, 0.15) is 0 Å². The first-order chi connectivity index (χ1) is 4.97. The second-order valence-electron chi connectivity index (χ2n) is 4.50. The van der Waals surface area contributed by atoms with Crippen LogP contribution in [0.5, 0.6) is 0 Å². The van der Waals surface area contributed by atoms with E-state index in [0.717, 1.165) is 6.54 Å². The Morgan fingerprint density at radius 2 is 2.09 bits per heavy atom. The van der Waals surface area contributed by atoms with Crippen LogP contribution in [0.2, 0.25) is 0 Å². The molecular weight excluding hydrogens is 134 g/mol. The molecule has 1 aliphatic heterocycles. The largest absolute Gasteiger partial charge is 0.286 e. The van der Waals surface area contributed by atoms with E-state index in [2.05, 4.69) is 38.8 Å². The minimum absolute atomic E-state index is 0.409. The normalized spacial score (nSPS) is 18.2. The smallest absolute Gasteiger partial charge is 0.0606 e. The third-order valence-corrected chi connectivity index (χ3v) is 1.70. The number of hydrogen-bond acceptors (Lipinski definition) is 1. The highest BCUT2D eigenvalue weighted by atomic mass is 14.7. The van der Waals surface area contributed by atoms with E-state index in [9.17, 15) is 0 Å². The molecule has 0 unspecified atom stereocenters. The van der Waals surface area contributed by atoms with Crippen molar-refractivity contribution in [2.45, 2.75) is 34.1 Å². The molecule has 0 fully saturated rings. The van der Waals surface area contributed by atoms with Crippen molar-refractivity contribution in [2.24, 2.45) is 10.4 Å². The first kappa shape index (κ1) is 8.51. The molecule has 0 saturated heterocycles. The molecular formula is C10H17N. The van der Waals surface area contributed by atoms with E-state index in [-0.39, 0.29) is 0 Å². The maximum Gasteiger partial charge on any atom is 0.0606 e. The number of nitrogens with zero attached hydrogens (tertiary/aromatic N) is 1. The van der Waals surface area contributed by atoms with Crippen molar-refractivity contribution >= 4 is 5.71 Å². The lowest BCUT2D eigenvalue weighted by Gasteiger charge is -2.17. The van der Waals surface area contributed by atoms with Crippen molar-refractivity contribution in [3.8, 4) is 0 Å². The zero-order chi connectivity index (χ0) is 8.48. The summed E-state index contributed by atoms with van der Waals surface area (Å²) in [6.07, 6.45) is 3.39. The molecule has 1 heteroatoms. The lowest BCUT2D eigenvalue weighted by atomic mass is 9.88. The molecule has 0 aromatic heterocycles. The van der Waals surface area contributed by atoms with Crippen LogP contribution >= 0.6 is 0 Å². The van der Waals surface area contributed by atoms with Crippen molar-refractivity contribution in [2.75, 3.05) is 6.54 Å². The molecule has 1 nitrogen and oxygen atoms in total. The number of hydrogen-bond donors (Lipinski definition) is 0. The van der Waals surface area contributed by atoms with E-state index in [0.29, 0.717) is 5.41 Å². The highest BCUT2D eigenvalue weighted by Gasteiger charge is 2.14. The van der Waals surface area contributed by atoms with Crippen molar-refractivity contribution in [1.29, 1.82) is 0 Å². The van der Waals surface area contributed by atoms with Gasteiger partial charge < -0.3 is 0 Å². The van der Waals surface area contributed by atoms with Gasteiger partial charge in [-0.15, -0.1) is 0 Å². The van der Waals surface area contributed by atoms with Crippen LogP contribution in [0.1, 0.15) is 34.1 Å². The Kier molecular flexibility index (Phi) is 2.17. The fraction of sp³-hybridized carbons (Fsp3) is 0.700. The van der Waals surface area contributed by atoms with Gasteiger partial charge in [-0.2, -0.15) is 0 Å². The molecule has 62 valence electrons. The van der Waals surface area contributed by atoms with E-state index < -0.39 is 0 Å². The summed E-state index contributed by atoms with van der Waals surface area (Å²) in [6.45, 7) is 9.79. The third-order valence-electron chi connectivity index (χ3n) is 1.70. The van der Waals surface area contributed by atoms with Gasteiger partial charge in [0, 0.05) is 5.71 Å². The first-order valence-corrected chi connectivity index (χ1v) is 4.18. The molecule has 0 amide bonds. The second-order valence-corrected chi connectivity index (χ2v) is 4.50. The van der Waals surface area contributed by atoms with Gasteiger partial charge in [-0.3, -0.25) is 4.99 Å². The van der Waals surface area contributed by atoms with Gasteiger partial charge in [-0.25, -0.2) is 0 Å². The van der Waals surface area contributed by atoms with Gasteiger partial charge in [0.05, 0.1) is 6.54 Å². The van der Waals surface area contributed by atoms with Crippen LogP contribution < -0.4 is 0 Å². The van der Waals surface area contributed by atoms with E-state index in [1.807, 2.05) is 0 Å². The summed E-state index contributed by atoms with van der Waals surface area (Å²) in [7, 11) is 0. The predicted molar refractivity (Wildman–Crippen MR) is 50.1 cm³/mol. The zero-order valence-corrected chi connectivity index (χ0v) is 7.94. The predicted octanol–water partition coefficient (Wildman–Crippen LogP) is 2.82. The van der Waals surface area contributed by atoms with Crippen LogP contribution in [0.3, 0.4) is 0 Å². The molecule has 1 rings (SSSR count). The van der Waals surface area contributed by atoms with E-state index in [4.69, 9.17) is 0 Å². The summed E-state index contributed by atoms with van der Waals surface area (Å²) in [5.41, 5.74) is 3.07. The van der Waals surface area contributed by atoms with Crippen molar-refractivity contribution < 1.29 is 0 Å². The Balaban J connectivity index is 2.49. The first-order valence-electron chi connectivity index (χ1n) is 4.18. The fourth-order valence-corrected chi connectivity index (χ4v) is 1.40. The molecule has 0 atom stereocenters. The van der Waals surface area contributed by atoms with Crippen molar-refractivity contribution in [3.63, 3.8) is 0 Å². The van der Waals surface area contributed by atoms with Crippen LogP contribution in [0.15, 0.2) is 16.6 Å². The van der Waals surface area contributed by atoms with Crippen LogP contribution in [-0.4, -0.2) is 12.3 Å². The van der Waals surface area contributed by atoms with Crippen molar-refractivity contribution in [1.82, 2.24) is 0 Å². The Morgan fingerprint density at radius 3 is 2.45 bits per heavy atom. The monoisotopic (exact) mass is 151 g/mol. The SMILES string of the molecule is CC1=NCC(CC(C)(C)C)=C1. The molecule has 0 spiro atoms. The molecule has 0 aromatic rings. The van der Waals surface area contributed by atoms with Gasteiger partial charge in [0.25, 0.3) is 0 Å². The summed E-state index contributed by atoms with van der Waals surface area (Å²) < 4.78 is 0. The van der Waals surface area contributed by atoms with Crippen LogP contribution in [0.25, 0.3) is 0 Å². The van der Waals surface area contributed by atoms with Gasteiger partial charge >= 0.3 is 0 Å². The minimum Gasteiger partial charge on any atom is -0.286 e. The van der Waals surface area contributed by atoms with Gasteiger partial charge in [-0.05, 0) is 30.4 Å². The molecule has 0 radical (unpaired) electrons. The topological polar surface area (TPSA) is 12.4 Å². The van der Waals surface area contributed by atoms with Crippen LogP contribution in [-0.2, 0) is 0 Å². The van der Waals surface area contributed by atoms with Gasteiger partial charge in [0.15, 0.2) is 0 Å². The van der Waals surface area contributed by atoms with Crippen LogP contribution in [0.4, 0.5) is 0 Å². The second kappa shape index (κ2) is 2.80. The van der Waals surface area contributed by atoms with Gasteiger partial charge in [-0.1, -0.05) is 20.8 Å². The summed E-state index contributed by atoms with van der Waals surface area (Å²) in [5.74, 6) is 0. The lowest BCUT2D eigenvalue weighted by Crippen LogP contribution is -2.06. The molecule has 0 aromatic carbocycles. The Bertz CT molecular complexity index is 203. The molecule has 11 heavy (non-hydrogen) atoms. The molecule has 1 heterocycles. The Hall–Kier alpha value is -0.590. The minimum atomic E-state index is 0.409. The maximum absolute atomic E-state index is 4.33. The summed E-state index contributed by atoms with van der Waals surface area (Å²) in [4.78, 5) is 4.33. The van der Waals surface area contributed by atoms with Crippen molar-refractivity contribution in [3.05, 3.63) is 11.6 Å². The molecule has 0 bridgehead atoms. The number of allylic oxidation sites excluding steroid dienone is 1. The number of aliphatic imine (C=N–C) groups is 1. The molecule has 0 N–H and O–H groups in total.